The molecule has 1 amide bonds. The highest BCUT2D eigenvalue weighted by atomic mass is 16.3. The predicted molar refractivity (Wildman–Crippen MR) is 55.8 cm³/mol. The molecule has 1 aromatic heterocycles. The molecule has 0 aliphatic rings. The van der Waals surface area contributed by atoms with Crippen molar-refractivity contribution in [2.24, 2.45) is 0 Å². The van der Waals surface area contributed by atoms with Gasteiger partial charge in [0, 0.05) is 19.9 Å². The molecule has 14 heavy (non-hydrogen) atoms. The molecule has 0 saturated carbocycles. The summed E-state index contributed by atoms with van der Waals surface area (Å²) in [4.78, 5) is 10.5. The average molecular weight is 193 g/mol. The third kappa shape index (κ3) is 3.47. The summed E-state index contributed by atoms with van der Waals surface area (Å²) in [6.07, 6.45) is 4.62. The van der Waals surface area contributed by atoms with Gasteiger partial charge in [0.25, 0.3) is 0 Å². The van der Waals surface area contributed by atoms with Crippen LogP contribution in [0.3, 0.4) is 0 Å². The zero-order valence-corrected chi connectivity index (χ0v) is 8.54. The summed E-state index contributed by atoms with van der Waals surface area (Å²) in [6, 6.07) is 3.88. The summed E-state index contributed by atoms with van der Waals surface area (Å²) in [5.74, 6) is 1.78. The van der Waals surface area contributed by atoms with E-state index in [1.807, 2.05) is 31.2 Å². The Morgan fingerprint density at radius 2 is 2.36 bits per heavy atom. The Kier molecular flexibility index (Phi) is 3.98. The van der Waals surface area contributed by atoms with E-state index in [0.717, 1.165) is 17.9 Å². The zero-order valence-electron chi connectivity index (χ0n) is 8.54. The fourth-order valence-electron chi connectivity index (χ4n) is 1.05. The smallest absolute Gasteiger partial charge is 0.217 e. The zero-order chi connectivity index (χ0) is 10.4. The molecule has 3 nitrogen and oxygen atoms in total. The molecule has 76 valence electrons. The molecule has 1 N–H and O–H groups in total. The Bertz CT molecular complexity index is 326. The number of nitrogens with one attached hydrogen (secondary N) is 1. The number of hydrogen-bond donors (Lipinski definition) is 1. The largest absolute Gasteiger partial charge is 0.462 e. The van der Waals surface area contributed by atoms with E-state index in [2.05, 4.69) is 5.32 Å². The van der Waals surface area contributed by atoms with Gasteiger partial charge in [-0.25, -0.2) is 0 Å². The van der Waals surface area contributed by atoms with E-state index in [1.165, 1.54) is 6.92 Å². The quantitative estimate of drug-likeness (QED) is 0.794. The first-order valence-corrected chi connectivity index (χ1v) is 4.72. The highest BCUT2D eigenvalue weighted by Crippen LogP contribution is 2.09. The number of rotatable bonds is 4. The number of carbonyl (C=O) groups excluding carboxylic acids is 1. The number of hydrogen-bond acceptors (Lipinski definition) is 2. The van der Waals surface area contributed by atoms with E-state index < -0.39 is 0 Å². The van der Waals surface area contributed by atoms with Crippen LogP contribution >= 0.6 is 0 Å². The van der Waals surface area contributed by atoms with Gasteiger partial charge in [-0.05, 0) is 18.2 Å². The van der Waals surface area contributed by atoms with Crippen LogP contribution in [0.4, 0.5) is 0 Å². The molecule has 0 spiro atoms. The minimum atomic E-state index is -0.0247. The SMILES string of the molecule is CCc1ccc(C=CCNC(C)=O)o1. The van der Waals surface area contributed by atoms with Crippen molar-refractivity contribution in [2.75, 3.05) is 6.54 Å². The van der Waals surface area contributed by atoms with E-state index in [4.69, 9.17) is 4.42 Å². The number of carbonyl (C=O) groups is 1. The Hall–Kier alpha value is -1.51. The van der Waals surface area contributed by atoms with Crippen LogP contribution in [0.2, 0.25) is 0 Å². The Morgan fingerprint density at radius 3 is 2.93 bits per heavy atom. The van der Waals surface area contributed by atoms with E-state index in [1.54, 1.807) is 0 Å². The molecule has 0 radical (unpaired) electrons. The van der Waals surface area contributed by atoms with Gasteiger partial charge in [-0.2, -0.15) is 0 Å². The summed E-state index contributed by atoms with van der Waals surface area (Å²) in [5, 5.41) is 2.67. The summed E-state index contributed by atoms with van der Waals surface area (Å²) < 4.78 is 5.44. The fourth-order valence-corrected chi connectivity index (χ4v) is 1.05. The van der Waals surface area contributed by atoms with Gasteiger partial charge in [0.05, 0.1) is 0 Å². The topological polar surface area (TPSA) is 42.2 Å². The lowest BCUT2D eigenvalue weighted by atomic mass is 10.3. The van der Waals surface area contributed by atoms with E-state index in [0.29, 0.717) is 6.54 Å². The molecule has 0 aromatic carbocycles. The molecule has 0 unspecified atom stereocenters. The number of amides is 1. The maximum Gasteiger partial charge on any atom is 0.217 e. The van der Waals surface area contributed by atoms with Crippen molar-refractivity contribution in [1.82, 2.24) is 5.32 Å². The van der Waals surface area contributed by atoms with Gasteiger partial charge >= 0.3 is 0 Å². The van der Waals surface area contributed by atoms with Crippen molar-refractivity contribution in [1.29, 1.82) is 0 Å². The summed E-state index contributed by atoms with van der Waals surface area (Å²) in [5.41, 5.74) is 0. The molecule has 0 atom stereocenters. The van der Waals surface area contributed by atoms with Crippen LogP contribution in [-0.2, 0) is 11.2 Å². The maximum atomic E-state index is 10.5. The van der Waals surface area contributed by atoms with Gasteiger partial charge in [-0.3, -0.25) is 4.79 Å². The van der Waals surface area contributed by atoms with Gasteiger partial charge in [0.2, 0.25) is 5.91 Å². The molecule has 1 rings (SSSR count). The molecule has 0 aliphatic carbocycles. The van der Waals surface area contributed by atoms with Crippen LogP contribution in [0.5, 0.6) is 0 Å². The van der Waals surface area contributed by atoms with Gasteiger partial charge in [-0.15, -0.1) is 0 Å². The van der Waals surface area contributed by atoms with Gasteiger partial charge in [-0.1, -0.05) is 13.0 Å². The van der Waals surface area contributed by atoms with Crippen molar-refractivity contribution in [2.45, 2.75) is 20.3 Å². The summed E-state index contributed by atoms with van der Waals surface area (Å²) in [7, 11) is 0. The van der Waals surface area contributed by atoms with Crippen LogP contribution < -0.4 is 5.32 Å². The minimum Gasteiger partial charge on any atom is -0.462 e. The normalized spacial score (nSPS) is 10.7. The molecule has 0 saturated heterocycles. The lowest BCUT2D eigenvalue weighted by Crippen LogP contribution is -2.19. The third-order valence-corrected chi connectivity index (χ3v) is 1.78. The van der Waals surface area contributed by atoms with Gasteiger partial charge in [0.15, 0.2) is 0 Å². The van der Waals surface area contributed by atoms with Gasteiger partial charge in [0.1, 0.15) is 11.5 Å². The summed E-state index contributed by atoms with van der Waals surface area (Å²) >= 11 is 0. The molecule has 0 bridgehead atoms. The highest BCUT2D eigenvalue weighted by molar-refractivity contribution is 5.73. The van der Waals surface area contributed by atoms with Crippen LogP contribution in [0.25, 0.3) is 6.08 Å². The van der Waals surface area contributed by atoms with E-state index in [9.17, 15) is 4.79 Å². The molecule has 1 aromatic rings. The van der Waals surface area contributed by atoms with Crippen LogP contribution in [0.1, 0.15) is 25.4 Å². The molecule has 1 heterocycles. The summed E-state index contributed by atoms with van der Waals surface area (Å²) in [6.45, 7) is 4.08. The van der Waals surface area contributed by atoms with Crippen molar-refractivity contribution in [3.05, 3.63) is 29.7 Å². The minimum absolute atomic E-state index is 0.0247. The van der Waals surface area contributed by atoms with Gasteiger partial charge < -0.3 is 9.73 Å². The molecule has 3 heteroatoms. The lowest BCUT2D eigenvalue weighted by Gasteiger charge is -1.93. The van der Waals surface area contributed by atoms with Crippen LogP contribution in [0.15, 0.2) is 22.6 Å². The Morgan fingerprint density at radius 1 is 1.57 bits per heavy atom. The molecular weight excluding hydrogens is 178 g/mol. The Labute approximate surface area is 83.8 Å². The first-order chi connectivity index (χ1) is 6.72. The van der Waals surface area contributed by atoms with Crippen molar-refractivity contribution in [3.63, 3.8) is 0 Å². The molecular formula is C11H15NO2. The van der Waals surface area contributed by atoms with E-state index in [-0.39, 0.29) is 5.91 Å². The number of aryl methyl sites for hydroxylation is 1. The second-order valence-electron chi connectivity index (χ2n) is 3.00. The van der Waals surface area contributed by atoms with Crippen molar-refractivity contribution < 1.29 is 9.21 Å². The van der Waals surface area contributed by atoms with Crippen LogP contribution in [-0.4, -0.2) is 12.5 Å². The second-order valence-corrected chi connectivity index (χ2v) is 3.00. The molecule has 0 aliphatic heterocycles. The van der Waals surface area contributed by atoms with E-state index >= 15 is 0 Å². The average Bonchev–Trinajstić information content (AvgIpc) is 2.60. The number of furan rings is 1. The van der Waals surface area contributed by atoms with Crippen LogP contribution in [0, 0.1) is 0 Å². The van der Waals surface area contributed by atoms with Crippen molar-refractivity contribution >= 4 is 12.0 Å². The first-order valence-electron chi connectivity index (χ1n) is 4.72. The Balaban J connectivity index is 2.39. The fraction of sp³-hybridized carbons (Fsp3) is 0.364. The second kappa shape index (κ2) is 5.27. The highest BCUT2D eigenvalue weighted by Gasteiger charge is 1.95. The van der Waals surface area contributed by atoms with Crippen molar-refractivity contribution in [3.8, 4) is 0 Å². The monoisotopic (exact) mass is 193 g/mol. The first kappa shape index (κ1) is 10.6. The maximum absolute atomic E-state index is 10.5. The molecule has 0 fully saturated rings. The lowest BCUT2D eigenvalue weighted by molar-refractivity contribution is -0.118. The standard InChI is InChI=1S/C11H15NO2/c1-3-10-6-7-11(14-10)5-4-8-12-9(2)13/h4-7H,3,8H2,1-2H3,(H,12,13). The predicted octanol–water partition coefficient (Wildman–Crippen LogP) is 1.99. The third-order valence-electron chi connectivity index (χ3n) is 1.78.